The molecule has 0 fully saturated rings. The first-order chi connectivity index (χ1) is 29.8. The minimum Gasteiger partial charge on any atom is -0.310 e. The fourth-order valence-electron chi connectivity index (χ4n) is 8.89. The van der Waals surface area contributed by atoms with Crippen LogP contribution in [0.3, 0.4) is 0 Å². The van der Waals surface area contributed by atoms with E-state index in [1.54, 1.807) is 0 Å². The van der Waals surface area contributed by atoms with Crippen LogP contribution in [-0.4, -0.2) is 4.57 Å². The Bertz CT molecular complexity index is 3250. The zero-order chi connectivity index (χ0) is 39.8. The van der Waals surface area contributed by atoms with Gasteiger partial charge in [0.1, 0.15) is 0 Å². The molecule has 0 saturated carbocycles. The lowest BCUT2D eigenvalue weighted by molar-refractivity contribution is 1.18. The number of anilines is 3. The average molecular weight is 765 g/mol. The standard InChI is InChI=1S/C58H40N2/c1-2-15-41(16-3-1)46-19-14-20-48(39-46)52-22-7-10-25-55(52)59(50-38-35-42-17-4-5-18-47(42)40-50)49-36-33-44(34-37-49)43-29-31-45(32-30-43)51-21-6-11-26-56(51)60-57-27-12-8-23-53(57)54-24-9-13-28-58(54)60/h1-40H. The van der Waals surface area contributed by atoms with Crippen molar-refractivity contribution in [3.63, 3.8) is 0 Å². The summed E-state index contributed by atoms with van der Waals surface area (Å²) in [4.78, 5) is 2.40. The monoisotopic (exact) mass is 764 g/mol. The highest BCUT2D eigenvalue weighted by atomic mass is 15.1. The molecule has 10 aromatic carbocycles. The molecule has 0 bridgehead atoms. The van der Waals surface area contributed by atoms with Crippen LogP contribution in [0.15, 0.2) is 243 Å². The van der Waals surface area contributed by atoms with Gasteiger partial charge in [-0.2, -0.15) is 0 Å². The summed E-state index contributed by atoms with van der Waals surface area (Å²) < 4.78 is 2.41. The van der Waals surface area contributed by atoms with Crippen molar-refractivity contribution in [3.8, 4) is 50.2 Å². The molecule has 0 atom stereocenters. The van der Waals surface area contributed by atoms with Crippen LogP contribution < -0.4 is 4.90 Å². The lowest BCUT2D eigenvalue weighted by Crippen LogP contribution is -2.11. The minimum absolute atomic E-state index is 1.09. The van der Waals surface area contributed by atoms with Crippen LogP contribution in [0, 0.1) is 0 Å². The largest absolute Gasteiger partial charge is 0.310 e. The zero-order valence-electron chi connectivity index (χ0n) is 33.0. The summed E-state index contributed by atoms with van der Waals surface area (Å²) in [5, 5.41) is 4.96. The summed E-state index contributed by atoms with van der Waals surface area (Å²) in [6, 6.07) is 87.8. The molecule has 0 aliphatic rings. The van der Waals surface area contributed by atoms with Crippen molar-refractivity contribution in [2.45, 2.75) is 0 Å². The quantitative estimate of drug-likeness (QED) is 0.150. The summed E-state index contributed by atoms with van der Waals surface area (Å²) in [6.45, 7) is 0. The van der Waals surface area contributed by atoms with E-state index in [4.69, 9.17) is 0 Å². The molecule has 11 rings (SSSR count). The molecule has 0 amide bonds. The number of benzene rings is 10. The summed E-state index contributed by atoms with van der Waals surface area (Å²) in [5.74, 6) is 0. The Balaban J connectivity index is 0.968. The van der Waals surface area contributed by atoms with Crippen molar-refractivity contribution in [2.75, 3.05) is 4.90 Å². The van der Waals surface area contributed by atoms with Gasteiger partial charge >= 0.3 is 0 Å². The van der Waals surface area contributed by atoms with Crippen molar-refractivity contribution >= 4 is 49.6 Å². The van der Waals surface area contributed by atoms with E-state index >= 15 is 0 Å². The van der Waals surface area contributed by atoms with E-state index < -0.39 is 0 Å². The van der Waals surface area contributed by atoms with Gasteiger partial charge in [-0.25, -0.2) is 0 Å². The third kappa shape index (κ3) is 6.32. The van der Waals surface area contributed by atoms with Crippen molar-refractivity contribution in [1.29, 1.82) is 0 Å². The highest BCUT2D eigenvalue weighted by Gasteiger charge is 2.19. The predicted molar refractivity (Wildman–Crippen MR) is 255 cm³/mol. The van der Waals surface area contributed by atoms with E-state index in [0.29, 0.717) is 0 Å². The van der Waals surface area contributed by atoms with Gasteiger partial charge in [-0.3, -0.25) is 0 Å². The fourth-order valence-corrected chi connectivity index (χ4v) is 8.89. The van der Waals surface area contributed by atoms with Gasteiger partial charge < -0.3 is 9.47 Å². The molecule has 1 heterocycles. The lowest BCUT2D eigenvalue weighted by atomic mass is 9.96. The zero-order valence-corrected chi connectivity index (χ0v) is 33.0. The Morgan fingerprint density at radius 2 is 0.800 bits per heavy atom. The Morgan fingerprint density at radius 3 is 1.55 bits per heavy atom. The van der Waals surface area contributed by atoms with Crippen molar-refractivity contribution < 1.29 is 0 Å². The molecule has 0 spiro atoms. The van der Waals surface area contributed by atoms with Gasteiger partial charge in [0.2, 0.25) is 0 Å². The summed E-state index contributed by atoms with van der Waals surface area (Å²) >= 11 is 0. The van der Waals surface area contributed by atoms with E-state index in [1.165, 1.54) is 82.8 Å². The molecule has 2 nitrogen and oxygen atoms in total. The van der Waals surface area contributed by atoms with Gasteiger partial charge in [0.05, 0.1) is 22.4 Å². The Morgan fingerprint density at radius 1 is 0.283 bits per heavy atom. The lowest BCUT2D eigenvalue weighted by Gasteiger charge is -2.28. The van der Waals surface area contributed by atoms with Crippen LogP contribution >= 0.6 is 0 Å². The molecule has 0 unspecified atom stereocenters. The maximum atomic E-state index is 2.41. The Hall–Kier alpha value is -7.94. The smallest absolute Gasteiger partial charge is 0.0541 e. The van der Waals surface area contributed by atoms with Crippen molar-refractivity contribution in [3.05, 3.63) is 243 Å². The van der Waals surface area contributed by atoms with E-state index in [-0.39, 0.29) is 0 Å². The van der Waals surface area contributed by atoms with Gasteiger partial charge in [-0.1, -0.05) is 188 Å². The maximum absolute atomic E-state index is 2.41. The van der Waals surface area contributed by atoms with Gasteiger partial charge in [-0.15, -0.1) is 0 Å². The van der Waals surface area contributed by atoms with E-state index in [1.807, 2.05) is 0 Å². The van der Waals surface area contributed by atoms with Crippen LogP contribution in [0.5, 0.6) is 0 Å². The second kappa shape index (κ2) is 15.1. The van der Waals surface area contributed by atoms with E-state index in [0.717, 1.165) is 17.1 Å². The summed E-state index contributed by atoms with van der Waals surface area (Å²) in [5.41, 5.74) is 16.4. The third-order valence-corrected chi connectivity index (χ3v) is 11.8. The number of para-hydroxylation sites is 4. The predicted octanol–water partition coefficient (Wildman–Crippen LogP) is 16.1. The molecule has 1 aromatic heterocycles. The van der Waals surface area contributed by atoms with Gasteiger partial charge in [0, 0.05) is 33.3 Å². The fraction of sp³-hybridized carbons (Fsp3) is 0. The van der Waals surface area contributed by atoms with Crippen LogP contribution in [0.4, 0.5) is 17.1 Å². The first-order valence-corrected chi connectivity index (χ1v) is 20.6. The number of hydrogen-bond donors (Lipinski definition) is 0. The van der Waals surface area contributed by atoms with Gasteiger partial charge in [0.25, 0.3) is 0 Å². The number of hydrogen-bond acceptors (Lipinski definition) is 1. The van der Waals surface area contributed by atoms with Crippen LogP contribution in [-0.2, 0) is 0 Å². The Kier molecular flexibility index (Phi) is 8.87. The molecule has 0 radical (unpaired) electrons. The van der Waals surface area contributed by atoms with Crippen LogP contribution in [0.1, 0.15) is 0 Å². The average Bonchev–Trinajstić information content (AvgIpc) is 3.67. The van der Waals surface area contributed by atoms with Crippen LogP contribution in [0.25, 0.3) is 82.8 Å². The van der Waals surface area contributed by atoms with Crippen molar-refractivity contribution in [2.24, 2.45) is 0 Å². The van der Waals surface area contributed by atoms with Crippen LogP contribution in [0.2, 0.25) is 0 Å². The first-order valence-electron chi connectivity index (χ1n) is 20.6. The first kappa shape index (κ1) is 35.2. The summed E-state index contributed by atoms with van der Waals surface area (Å²) in [6.07, 6.45) is 0. The number of fused-ring (bicyclic) bond motifs is 4. The van der Waals surface area contributed by atoms with Crippen molar-refractivity contribution in [1.82, 2.24) is 4.57 Å². The number of nitrogens with zero attached hydrogens (tertiary/aromatic N) is 2. The second-order valence-electron chi connectivity index (χ2n) is 15.3. The molecular weight excluding hydrogens is 725 g/mol. The highest BCUT2D eigenvalue weighted by molar-refractivity contribution is 6.09. The molecular formula is C58H40N2. The number of aromatic nitrogens is 1. The highest BCUT2D eigenvalue weighted by Crippen LogP contribution is 2.43. The third-order valence-electron chi connectivity index (χ3n) is 11.8. The molecule has 0 N–H and O–H groups in total. The topological polar surface area (TPSA) is 8.17 Å². The molecule has 60 heavy (non-hydrogen) atoms. The molecule has 0 saturated heterocycles. The summed E-state index contributed by atoms with van der Waals surface area (Å²) in [7, 11) is 0. The molecule has 282 valence electrons. The minimum atomic E-state index is 1.09. The number of rotatable bonds is 8. The SMILES string of the molecule is c1ccc(-c2cccc(-c3ccccc3N(c3ccc(-c4ccc(-c5ccccc5-n5c6ccccc6c6ccccc65)cc4)cc3)c3ccc4ccccc4c3)c2)cc1. The molecule has 0 aliphatic heterocycles. The van der Waals surface area contributed by atoms with E-state index in [9.17, 15) is 0 Å². The van der Waals surface area contributed by atoms with E-state index in [2.05, 4.69) is 252 Å². The molecule has 11 aromatic rings. The molecule has 0 aliphatic carbocycles. The second-order valence-corrected chi connectivity index (χ2v) is 15.3. The maximum Gasteiger partial charge on any atom is 0.0541 e. The molecule has 2 heteroatoms. The Labute approximate surface area is 350 Å². The van der Waals surface area contributed by atoms with Gasteiger partial charge in [0.15, 0.2) is 0 Å². The van der Waals surface area contributed by atoms with Gasteiger partial charge in [-0.05, 0) is 98.8 Å². The normalized spacial score (nSPS) is 11.3.